The molecule has 0 aliphatic heterocycles. The standard InChI is InChI=1S/C7H11NO/c1-4-6(3)8-7(9)5-2/h4-5H,2H2,1,3H3,(H,8,9)/b6-4-. The number of rotatable bonds is 2. The average molecular weight is 125 g/mol. The van der Waals surface area contributed by atoms with Gasteiger partial charge in [0.25, 0.3) is 0 Å². The van der Waals surface area contributed by atoms with Crippen molar-refractivity contribution < 1.29 is 4.79 Å². The van der Waals surface area contributed by atoms with E-state index in [-0.39, 0.29) is 5.91 Å². The van der Waals surface area contributed by atoms with Gasteiger partial charge in [-0.1, -0.05) is 12.7 Å². The number of carbonyl (C=O) groups excluding carboxylic acids is 1. The fourth-order valence-corrected chi connectivity index (χ4v) is 0.318. The van der Waals surface area contributed by atoms with Gasteiger partial charge in [0.1, 0.15) is 0 Å². The Morgan fingerprint density at radius 2 is 2.22 bits per heavy atom. The molecule has 1 amide bonds. The van der Waals surface area contributed by atoms with E-state index in [9.17, 15) is 4.79 Å². The molecule has 0 unspecified atom stereocenters. The van der Waals surface area contributed by atoms with Crippen molar-refractivity contribution in [3.05, 3.63) is 24.4 Å². The summed E-state index contributed by atoms with van der Waals surface area (Å²) in [6, 6.07) is 0. The molecule has 0 aliphatic rings. The molecule has 0 aromatic carbocycles. The molecule has 9 heavy (non-hydrogen) atoms. The lowest BCUT2D eigenvalue weighted by Crippen LogP contribution is -2.17. The van der Waals surface area contributed by atoms with Gasteiger partial charge in [-0.15, -0.1) is 0 Å². The van der Waals surface area contributed by atoms with Crippen LogP contribution in [-0.2, 0) is 4.79 Å². The van der Waals surface area contributed by atoms with E-state index in [0.717, 1.165) is 5.70 Å². The molecule has 0 fully saturated rings. The molecule has 0 aromatic rings. The van der Waals surface area contributed by atoms with Crippen LogP contribution in [0.4, 0.5) is 0 Å². The number of amides is 1. The fraction of sp³-hybridized carbons (Fsp3) is 0.286. The van der Waals surface area contributed by atoms with Gasteiger partial charge in [-0.3, -0.25) is 4.79 Å². The molecule has 0 heterocycles. The number of nitrogens with one attached hydrogen (secondary N) is 1. The van der Waals surface area contributed by atoms with Crippen molar-refractivity contribution in [1.29, 1.82) is 0 Å². The molecule has 2 nitrogen and oxygen atoms in total. The van der Waals surface area contributed by atoms with Crippen molar-refractivity contribution in [2.75, 3.05) is 0 Å². The largest absolute Gasteiger partial charge is 0.327 e. The second kappa shape index (κ2) is 3.89. The van der Waals surface area contributed by atoms with Gasteiger partial charge in [-0.2, -0.15) is 0 Å². The minimum Gasteiger partial charge on any atom is -0.327 e. The van der Waals surface area contributed by atoms with Crippen LogP contribution in [0.25, 0.3) is 0 Å². The zero-order valence-electron chi connectivity index (χ0n) is 5.77. The fourth-order valence-electron chi connectivity index (χ4n) is 0.318. The number of carbonyl (C=O) groups is 1. The third-order valence-electron chi connectivity index (χ3n) is 0.939. The monoisotopic (exact) mass is 125 g/mol. The van der Waals surface area contributed by atoms with Crippen LogP contribution < -0.4 is 5.32 Å². The molecule has 50 valence electrons. The lowest BCUT2D eigenvalue weighted by atomic mass is 10.4. The van der Waals surface area contributed by atoms with Gasteiger partial charge in [-0.25, -0.2) is 0 Å². The van der Waals surface area contributed by atoms with E-state index in [2.05, 4.69) is 11.9 Å². The Morgan fingerprint density at radius 3 is 2.56 bits per heavy atom. The lowest BCUT2D eigenvalue weighted by molar-refractivity contribution is -0.115. The molecule has 0 atom stereocenters. The molecule has 0 aromatic heterocycles. The van der Waals surface area contributed by atoms with Crippen LogP contribution in [0.5, 0.6) is 0 Å². The number of hydrogen-bond donors (Lipinski definition) is 1. The summed E-state index contributed by atoms with van der Waals surface area (Å²) in [6.45, 7) is 6.99. The van der Waals surface area contributed by atoms with E-state index in [0.29, 0.717) is 0 Å². The van der Waals surface area contributed by atoms with Crippen LogP contribution in [0.15, 0.2) is 24.4 Å². The first-order valence-corrected chi connectivity index (χ1v) is 2.77. The van der Waals surface area contributed by atoms with Crippen molar-refractivity contribution in [2.24, 2.45) is 0 Å². The topological polar surface area (TPSA) is 29.1 Å². The molecule has 0 aliphatic carbocycles. The van der Waals surface area contributed by atoms with Crippen molar-refractivity contribution in [1.82, 2.24) is 5.32 Å². The predicted octanol–water partition coefficient (Wildman–Crippen LogP) is 1.21. The molecular formula is C7H11NO. The smallest absolute Gasteiger partial charge is 0.247 e. The Kier molecular flexibility index (Phi) is 3.44. The average Bonchev–Trinajstić information content (AvgIpc) is 1.87. The van der Waals surface area contributed by atoms with Crippen molar-refractivity contribution >= 4 is 5.91 Å². The Labute approximate surface area is 55.3 Å². The second-order valence-corrected chi connectivity index (χ2v) is 1.67. The Balaban J connectivity index is 3.74. The molecule has 0 spiro atoms. The van der Waals surface area contributed by atoms with E-state index < -0.39 is 0 Å². The van der Waals surface area contributed by atoms with Gasteiger partial charge in [-0.05, 0) is 19.9 Å². The second-order valence-electron chi connectivity index (χ2n) is 1.67. The highest BCUT2D eigenvalue weighted by Crippen LogP contribution is 1.83. The quantitative estimate of drug-likeness (QED) is 0.552. The van der Waals surface area contributed by atoms with Gasteiger partial charge in [0, 0.05) is 5.70 Å². The normalized spacial score (nSPS) is 10.7. The molecule has 1 N–H and O–H groups in total. The zero-order valence-corrected chi connectivity index (χ0v) is 5.77. The maximum atomic E-state index is 10.5. The summed E-state index contributed by atoms with van der Waals surface area (Å²) in [5, 5.41) is 2.58. The summed E-state index contributed by atoms with van der Waals surface area (Å²) >= 11 is 0. The van der Waals surface area contributed by atoms with Gasteiger partial charge in [0.2, 0.25) is 5.91 Å². The Hall–Kier alpha value is -1.05. The highest BCUT2D eigenvalue weighted by molar-refractivity contribution is 5.88. The van der Waals surface area contributed by atoms with Crippen LogP contribution in [0, 0.1) is 0 Å². The number of allylic oxidation sites excluding steroid dienone is 2. The minimum absolute atomic E-state index is 0.161. The van der Waals surface area contributed by atoms with Crippen LogP contribution in [0.2, 0.25) is 0 Å². The van der Waals surface area contributed by atoms with Crippen molar-refractivity contribution in [3.63, 3.8) is 0 Å². The van der Waals surface area contributed by atoms with Gasteiger partial charge in [0.15, 0.2) is 0 Å². The summed E-state index contributed by atoms with van der Waals surface area (Å²) in [6.07, 6.45) is 3.06. The SMILES string of the molecule is C=CC(=O)N/C(C)=C\C. The highest BCUT2D eigenvalue weighted by atomic mass is 16.1. The third-order valence-corrected chi connectivity index (χ3v) is 0.939. The zero-order chi connectivity index (χ0) is 7.28. The molecule has 2 heteroatoms. The van der Waals surface area contributed by atoms with Crippen LogP contribution >= 0.6 is 0 Å². The first-order chi connectivity index (χ1) is 4.20. The summed E-state index contributed by atoms with van der Waals surface area (Å²) < 4.78 is 0. The van der Waals surface area contributed by atoms with Gasteiger partial charge in [0.05, 0.1) is 0 Å². The molecule has 0 rings (SSSR count). The van der Waals surface area contributed by atoms with Crippen LogP contribution in [0.1, 0.15) is 13.8 Å². The number of hydrogen-bond acceptors (Lipinski definition) is 1. The molecule has 0 saturated carbocycles. The van der Waals surface area contributed by atoms with Crippen molar-refractivity contribution in [2.45, 2.75) is 13.8 Å². The predicted molar refractivity (Wildman–Crippen MR) is 37.8 cm³/mol. The first-order valence-electron chi connectivity index (χ1n) is 2.77. The molecule has 0 saturated heterocycles. The van der Waals surface area contributed by atoms with Gasteiger partial charge >= 0.3 is 0 Å². The van der Waals surface area contributed by atoms with E-state index in [1.54, 1.807) is 0 Å². The lowest BCUT2D eigenvalue weighted by Gasteiger charge is -1.97. The van der Waals surface area contributed by atoms with Crippen molar-refractivity contribution in [3.8, 4) is 0 Å². The highest BCUT2D eigenvalue weighted by Gasteiger charge is 1.90. The van der Waals surface area contributed by atoms with E-state index >= 15 is 0 Å². The minimum atomic E-state index is -0.161. The Morgan fingerprint density at radius 1 is 1.67 bits per heavy atom. The van der Waals surface area contributed by atoms with E-state index in [1.165, 1.54) is 6.08 Å². The third kappa shape index (κ3) is 3.53. The van der Waals surface area contributed by atoms with Gasteiger partial charge < -0.3 is 5.32 Å². The summed E-state index contributed by atoms with van der Waals surface area (Å²) in [5.74, 6) is -0.161. The van der Waals surface area contributed by atoms with Crippen LogP contribution in [0.3, 0.4) is 0 Å². The van der Waals surface area contributed by atoms with E-state index in [1.807, 2.05) is 19.9 Å². The first kappa shape index (κ1) is 7.95. The van der Waals surface area contributed by atoms with Crippen LogP contribution in [-0.4, -0.2) is 5.91 Å². The summed E-state index contributed by atoms with van der Waals surface area (Å²) in [4.78, 5) is 10.5. The van der Waals surface area contributed by atoms with E-state index in [4.69, 9.17) is 0 Å². The molecule has 0 bridgehead atoms. The summed E-state index contributed by atoms with van der Waals surface area (Å²) in [7, 11) is 0. The molecular weight excluding hydrogens is 114 g/mol. The summed E-state index contributed by atoms with van der Waals surface area (Å²) in [5.41, 5.74) is 0.847. The molecule has 0 radical (unpaired) electrons. The Bertz CT molecular complexity index is 147. The maximum Gasteiger partial charge on any atom is 0.247 e. The maximum absolute atomic E-state index is 10.5.